The van der Waals surface area contributed by atoms with Gasteiger partial charge in [-0.1, -0.05) is 0 Å². The highest BCUT2D eigenvalue weighted by atomic mass is 16.5. The SMILES string of the molecule is NC1CCCN(C2CCOC2C2CC2)C1=O. The van der Waals surface area contributed by atoms with Gasteiger partial charge in [0.15, 0.2) is 0 Å². The first-order valence-electron chi connectivity index (χ1n) is 6.45. The van der Waals surface area contributed by atoms with Gasteiger partial charge in [-0.2, -0.15) is 0 Å². The molecule has 4 heteroatoms. The van der Waals surface area contributed by atoms with Gasteiger partial charge >= 0.3 is 0 Å². The number of hydrogen-bond donors (Lipinski definition) is 1. The molecule has 0 radical (unpaired) electrons. The van der Waals surface area contributed by atoms with Gasteiger partial charge in [0.25, 0.3) is 0 Å². The second kappa shape index (κ2) is 4.00. The normalized spacial score (nSPS) is 40.4. The van der Waals surface area contributed by atoms with Crippen molar-refractivity contribution >= 4 is 5.91 Å². The van der Waals surface area contributed by atoms with Crippen molar-refractivity contribution in [2.45, 2.75) is 50.3 Å². The van der Waals surface area contributed by atoms with E-state index >= 15 is 0 Å². The van der Waals surface area contributed by atoms with Crippen molar-refractivity contribution in [2.24, 2.45) is 11.7 Å². The number of rotatable bonds is 2. The van der Waals surface area contributed by atoms with Crippen LogP contribution in [0.4, 0.5) is 0 Å². The Hall–Kier alpha value is -0.610. The minimum Gasteiger partial charge on any atom is -0.376 e. The van der Waals surface area contributed by atoms with Crippen molar-refractivity contribution in [1.29, 1.82) is 0 Å². The molecule has 2 N–H and O–H groups in total. The number of carbonyl (C=O) groups is 1. The highest BCUT2D eigenvalue weighted by Gasteiger charge is 2.45. The molecule has 0 spiro atoms. The van der Waals surface area contributed by atoms with E-state index in [0.29, 0.717) is 18.1 Å². The average Bonchev–Trinajstić information content (AvgIpc) is 3.01. The van der Waals surface area contributed by atoms with Crippen LogP contribution in [0.15, 0.2) is 0 Å². The highest BCUT2D eigenvalue weighted by Crippen LogP contribution is 2.40. The highest BCUT2D eigenvalue weighted by molar-refractivity contribution is 5.82. The molecular formula is C12H20N2O2. The van der Waals surface area contributed by atoms with Gasteiger partial charge in [-0.15, -0.1) is 0 Å². The van der Waals surface area contributed by atoms with E-state index < -0.39 is 0 Å². The summed E-state index contributed by atoms with van der Waals surface area (Å²) in [5.41, 5.74) is 5.84. The molecule has 2 saturated heterocycles. The summed E-state index contributed by atoms with van der Waals surface area (Å²) in [5.74, 6) is 0.853. The maximum absolute atomic E-state index is 12.0. The molecule has 3 rings (SSSR count). The molecule has 16 heavy (non-hydrogen) atoms. The number of nitrogens with zero attached hydrogens (tertiary/aromatic N) is 1. The number of piperidine rings is 1. The van der Waals surface area contributed by atoms with Crippen molar-refractivity contribution < 1.29 is 9.53 Å². The van der Waals surface area contributed by atoms with Gasteiger partial charge in [-0.05, 0) is 38.0 Å². The second-order valence-electron chi connectivity index (χ2n) is 5.31. The van der Waals surface area contributed by atoms with Crippen LogP contribution < -0.4 is 5.73 Å². The van der Waals surface area contributed by atoms with Crippen LogP contribution in [-0.4, -0.2) is 42.1 Å². The maximum Gasteiger partial charge on any atom is 0.239 e. The second-order valence-corrected chi connectivity index (χ2v) is 5.31. The molecule has 1 saturated carbocycles. The summed E-state index contributed by atoms with van der Waals surface area (Å²) < 4.78 is 5.79. The van der Waals surface area contributed by atoms with E-state index in [-0.39, 0.29) is 11.9 Å². The Morgan fingerprint density at radius 2 is 2.06 bits per heavy atom. The fourth-order valence-electron chi connectivity index (χ4n) is 3.07. The predicted octanol–water partition coefficient (Wildman–Crippen LogP) is 0.504. The zero-order valence-electron chi connectivity index (χ0n) is 9.60. The lowest BCUT2D eigenvalue weighted by Gasteiger charge is -2.37. The fourth-order valence-corrected chi connectivity index (χ4v) is 3.07. The summed E-state index contributed by atoms with van der Waals surface area (Å²) in [7, 11) is 0. The molecular weight excluding hydrogens is 204 g/mol. The van der Waals surface area contributed by atoms with Crippen LogP contribution in [0.3, 0.4) is 0 Å². The monoisotopic (exact) mass is 224 g/mol. The largest absolute Gasteiger partial charge is 0.376 e. The molecule has 0 aromatic rings. The summed E-state index contributed by atoms with van der Waals surface area (Å²) in [6.45, 7) is 1.69. The summed E-state index contributed by atoms with van der Waals surface area (Å²) in [6.07, 6.45) is 5.73. The third kappa shape index (κ3) is 1.74. The number of nitrogens with two attached hydrogens (primary N) is 1. The van der Waals surface area contributed by atoms with E-state index in [1.54, 1.807) is 0 Å². The quantitative estimate of drug-likeness (QED) is 0.743. The Bertz CT molecular complexity index is 291. The number of ether oxygens (including phenoxy) is 1. The summed E-state index contributed by atoms with van der Waals surface area (Å²) in [4.78, 5) is 14.1. The minimum absolute atomic E-state index is 0.146. The maximum atomic E-state index is 12.0. The first-order valence-corrected chi connectivity index (χ1v) is 6.45. The molecule has 0 aromatic heterocycles. The molecule has 0 bridgehead atoms. The van der Waals surface area contributed by atoms with Gasteiger partial charge in [-0.25, -0.2) is 0 Å². The molecule has 1 aliphatic carbocycles. The van der Waals surface area contributed by atoms with Crippen LogP contribution in [0.5, 0.6) is 0 Å². The number of hydrogen-bond acceptors (Lipinski definition) is 3. The number of carbonyl (C=O) groups excluding carboxylic acids is 1. The molecule has 4 nitrogen and oxygen atoms in total. The topological polar surface area (TPSA) is 55.6 Å². The summed E-state index contributed by atoms with van der Waals surface area (Å²) in [6, 6.07) is 0.0422. The molecule has 3 fully saturated rings. The van der Waals surface area contributed by atoms with E-state index in [4.69, 9.17) is 10.5 Å². The van der Waals surface area contributed by atoms with Crippen molar-refractivity contribution in [3.63, 3.8) is 0 Å². The first-order chi connectivity index (χ1) is 7.77. The minimum atomic E-state index is -0.269. The Morgan fingerprint density at radius 1 is 1.25 bits per heavy atom. The van der Waals surface area contributed by atoms with Gasteiger partial charge in [0.05, 0.1) is 18.2 Å². The number of amides is 1. The number of likely N-dealkylation sites (tertiary alicyclic amines) is 1. The predicted molar refractivity (Wildman–Crippen MR) is 59.8 cm³/mol. The third-order valence-electron chi connectivity index (χ3n) is 4.10. The van der Waals surface area contributed by atoms with Gasteiger partial charge in [0, 0.05) is 13.2 Å². The van der Waals surface area contributed by atoms with Gasteiger partial charge in [-0.3, -0.25) is 4.79 Å². The van der Waals surface area contributed by atoms with Crippen LogP contribution in [0.25, 0.3) is 0 Å². The van der Waals surface area contributed by atoms with Crippen LogP contribution >= 0.6 is 0 Å². The standard InChI is InChI=1S/C12H20N2O2/c13-9-2-1-6-14(12(9)15)10-5-7-16-11(10)8-3-4-8/h8-11H,1-7,13H2. The Labute approximate surface area is 96.1 Å². The summed E-state index contributed by atoms with van der Waals surface area (Å²) >= 11 is 0. The van der Waals surface area contributed by atoms with Crippen LogP contribution in [0.2, 0.25) is 0 Å². The molecule has 2 aliphatic heterocycles. The lowest BCUT2D eigenvalue weighted by molar-refractivity contribution is -0.139. The van der Waals surface area contributed by atoms with E-state index in [1.807, 2.05) is 4.90 Å². The first kappa shape index (κ1) is 10.5. The Balaban J connectivity index is 1.72. The van der Waals surface area contributed by atoms with Crippen molar-refractivity contribution in [2.75, 3.05) is 13.2 Å². The molecule has 2 heterocycles. The van der Waals surface area contributed by atoms with Crippen molar-refractivity contribution in [3.8, 4) is 0 Å². The smallest absolute Gasteiger partial charge is 0.239 e. The zero-order valence-corrected chi connectivity index (χ0v) is 9.60. The Kier molecular flexibility index (Phi) is 2.64. The molecule has 3 atom stereocenters. The lowest BCUT2D eigenvalue weighted by Crippen LogP contribution is -2.54. The summed E-state index contributed by atoms with van der Waals surface area (Å²) in [5, 5.41) is 0. The molecule has 90 valence electrons. The van der Waals surface area contributed by atoms with Gasteiger partial charge < -0.3 is 15.4 Å². The van der Waals surface area contributed by atoms with Crippen LogP contribution in [0, 0.1) is 5.92 Å². The lowest BCUT2D eigenvalue weighted by atomic mass is 9.98. The van der Waals surface area contributed by atoms with E-state index in [2.05, 4.69) is 0 Å². The molecule has 0 aromatic carbocycles. The molecule has 3 unspecified atom stereocenters. The molecule has 1 amide bonds. The van der Waals surface area contributed by atoms with E-state index in [0.717, 1.165) is 32.4 Å². The van der Waals surface area contributed by atoms with E-state index in [1.165, 1.54) is 12.8 Å². The van der Waals surface area contributed by atoms with Crippen molar-refractivity contribution in [1.82, 2.24) is 4.90 Å². The van der Waals surface area contributed by atoms with E-state index in [9.17, 15) is 4.79 Å². The van der Waals surface area contributed by atoms with Gasteiger partial charge in [0.1, 0.15) is 0 Å². The van der Waals surface area contributed by atoms with Crippen LogP contribution in [-0.2, 0) is 9.53 Å². The average molecular weight is 224 g/mol. The fraction of sp³-hybridized carbons (Fsp3) is 0.917. The third-order valence-corrected chi connectivity index (χ3v) is 4.10. The zero-order chi connectivity index (χ0) is 11.1. The van der Waals surface area contributed by atoms with Gasteiger partial charge in [0.2, 0.25) is 5.91 Å². The molecule has 3 aliphatic rings. The Morgan fingerprint density at radius 3 is 2.81 bits per heavy atom. The van der Waals surface area contributed by atoms with Crippen LogP contribution in [0.1, 0.15) is 32.1 Å². The van der Waals surface area contributed by atoms with Crippen molar-refractivity contribution in [3.05, 3.63) is 0 Å².